The molecule has 6 nitrogen and oxygen atoms in total. The smallest absolute Gasteiger partial charge is 0.376 e. The minimum absolute atomic E-state index is 0.0390. The number of carbonyl (C=O) groups is 3. The molecule has 0 aliphatic rings. The molecule has 0 radical (unpaired) electrons. The molecular weight excluding hydrogens is 200 g/mol. The van der Waals surface area contributed by atoms with Crippen LogP contribution in [0.4, 0.5) is 0 Å². The van der Waals surface area contributed by atoms with Crippen molar-refractivity contribution in [1.29, 1.82) is 0 Å². The molecular formula is C9H14N2O4. The molecule has 1 atom stereocenters. The quantitative estimate of drug-likeness (QED) is 0.316. The molecule has 0 unspecified atom stereocenters. The van der Waals surface area contributed by atoms with Gasteiger partial charge in [-0.2, -0.15) is 0 Å². The highest BCUT2D eigenvalue weighted by Crippen LogP contribution is 1.97. The van der Waals surface area contributed by atoms with E-state index in [-0.39, 0.29) is 19.4 Å². The number of amides is 1. The third-order valence-corrected chi connectivity index (χ3v) is 1.57. The van der Waals surface area contributed by atoms with E-state index in [1.54, 1.807) is 0 Å². The summed E-state index contributed by atoms with van der Waals surface area (Å²) in [6, 6.07) is -1.05. The lowest BCUT2D eigenvalue weighted by Gasteiger charge is -2.07. The second-order valence-corrected chi connectivity index (χ2v) is 2.86. The average molecular weight is 214 g/mol. The number of nitrogens with two attached hydrogens (primary N) is 2. The van der Waals surface area contributed by atoms with Gasteiger partial charge in [0.25, 0.3) is 5.78 Å². The van der Waals surface area contributed by atoms with Crippen molar-refractivity contribution in [2.75, 3.05) is 6.61 Å². The molecule has 0 saturated carbocycles. The van der Waals surface area contributed by atoms with Crippen LogP contribution in [0.25, 0.3) is 0 Å². The van der Waals surface area contributed by atoms with Gasteiger partial charge in [0.15, 0.2) is 0 Å². The number of ether oxygens (including phenoxy) is 1. The topological polar surface area (TPSA) is 112 Å². The van der Waals surface area contributed by atoms with Gasteiger partial charge in [0, 0.05) is 6.42 Å². The van der Waals surface area contributed by atoms with Crippen LogP contribution in [-0.4, -0.2) is 30.3 Å². The Morgan fingerprint density at radius 3 is 2.47 bits per heavy atom. The molecule has 0 rings (SSSR count). The summed E-state index contributed by atoms with van der Waals surface area (Å²) in [7, 11) is 0. The van der Waals surface area contributed by atoms with E-state index >= 15 is 0 Å². The molecule has 0 aromatic carbocycles. The SMILES string of the molecule is C=CCOC(=O)C(=O)[C@@H](N)CCC(N)=O. The number of ketones is 1. The van der Waals surface area contributed by atoms with Gasteiger partial charge in [0.2, 0.25) is 5.91 Å². The van der Waals surface area contributed by atoms with E-state index in [0.29, 0.717) is 0 Å². The molecule has 4 N–H and O–H groups in total. The number of hydrogen-bond donors (Lipinski definition) is 2. The number of hydrogen-bond acceptors (Lipinski definition) is 5. The van der Waals surface area contributed by atoms with E-state index < -0.39 is 23.7 Å². The molecule has 0 spiro atoms. The van der Waals surface area contributed by atoms with Crippen molar-refractivity contribution >= 4 is 17.7 Å². The fraction of sp³-hybridized carbons (Fsp3) is 0.444. The van der Waals surface area contributed by atoms with Crippen molar-refractivity contribution in [1.82, 2.24) is 0 Å². The Morgan fingerprint density at radius 2 is 2.00 bits per heavy atom. The molecule has 0 aromatic rings. The normalized spacial score (nSPS) is 11.5. The summed E-state index contributed by atoms with van der Waals surface area (Å²) in [4.78, 5) is 32.5. The third-order valence-electron chi connectivity index (χ3n) is 1.57. The zero-order valence-corrected chi connectivity index (χ0v) is 8.27. The minimum Gasteiger partial charge on any atom is -0.456 e. The summed E-state index contributed by atoms with van der Waals surface area (Å²) in [6.07, 6.45) is 1.33. The van der Waals surface area contributed by atoms with E-state index in [0.717, 1.165) is 0 Å². The van der Waals surface area contributed by atoms with Crippen LogP contribution >= 0.6 is 0 Å². The van der Waals surface area contributed by atoms with Crippen molar-refractivity contribution in [2.45, 2.75) is 18.9 Å². The summed E-state index contributed by atoms with van der Waals surface area (Å²) in [5.74, 6) is -2.46. The maximum atomic E-state index is 11.2. The van der Waals surface area contributed by atoms with Crippen molar-refractivity contribution in [2.24, 2.45) is 11.5 Å². The Morgan fingerprint density at radius 1 is 1.40 bits per heavy atom. The number of carbonyl (C=O) groups excluding carboxylic acids is 3. The number of Topliss-reactive ketones (excluding diaryl/α,β-unsaturated/α-hetero) is 1. The van der Waals surface area contributed by atoms with Crippen LogP contribution in [-0.2, 0) is 19.1 Å². The number of esters is 1. The monoisotopic (exact) mass is 214 g/mol. The summed E-state index contributed by atoms with van der Waals surface area (Å²) in [5, 5.41) is 0. The first kappa shape index (κ1) is 13.3. The highest BCUT2D eigenvalue weighted by molar-refractivity contribution is 6.35. The van der Waals surface area contributed by atoms with E-state index in [1.807, 2.05) is 0 Å². The predicted molar refractivity (Wildman–Crippen MR) is 52.6 cm³/mol. The molecule has 84 valence electrons. The van der Waals surface area contributed by atoms with Gasteiger partial charge in [0.05, 0.1) is 6.04 Å². The van der Waals surface area contributed by atoms with Crippen LogP contribution in [0.1, 0.15) is 12.8 Å². The van der Waals surface area contributed by atoms with Crippen molar-refractivity contribution in [3.63, 3.8) is 0 Å². The fourth-order valence-electron chi connectivity index (χ4n) is 0.786. The van der Waals surface area contributed by atoms with Crippen molar-refractivity contribution < 1.29 is 19.1 Å². The standard InChI is InChI=1S/C9H14N2O4/c1-2-5-15-9(14)8(13)6(10)3-4-7(11)12/h2,6H,1,3-5,10H2,(H2,11,12)/t6-/m0/s1. The van der Waals surface area contributed by atoms with Gasteiger partial charge in [-0.1, -0.05) is 12.7 Å². The highest BCUT2D eigenvalue weighted by atomic mass is 16.5. The van der Waals surface area contributed by atoms with E-state index in [4.69, 9.17) is 11.5 Å². The van der Waals surface area contributed by atoms with Crippen molar-refractivity contribution in [3.8, 4) is 0 Å². The van der Waals surface area contributed by atoms with E-state index in [9.17, 15) is 14.4 Å². The maximum absolute atomic E-state index is 11.2. The average Bonchev–Trinajstić information content (AvgIpc) is 2.21. The summed E-state index contributed by atoms with van der Waals surface area (Å²) >= 11 is 0. The third kappa shape index (κ3) is 5.58. The first-order chi connectivity index (χ1) is 6.99. The summed E-state index contributed by atoms with van der Waals surface area (Å²) < 4.78 is 4.48. The Balaban J connectivity index is 4.01. The van der Waals surface area contributed by atoms with Crippen LogP contribution in [0.3, 0.4) is 0 Å². The fourth-order valence-corrected chi connectivity index (χ4v) is 0.786. The number of rotatable bonds is 7. The molecule has 0 heterocycles. The first-order valence-corrected chi connectivity index (χ1v) is 4.34. The molecule has 1 amide bonds. The Bertz CT molecular complexity index is 275. The summed E-state index contributed by atoms with van der Waals surface area (Å²) in [5.41, 5.74) is 10.2. The van der Waals surface area contributed by atoms with Gasteiger partial charge >= 0.3 is 5.97 Å². The van der Waals surface area contributed by atoms with Crippen molar-refractivity contribution in [3.05, 3.63) is 12.7 Å². The first-order valence-electron chi connectivity index (χ1n) is 4.34. The molecule has 0 aromatic heterocycles. The molecule has 0 aliphatic carbocycles. The van der Waals surface area contributed by atoms with Crippen LogP contribution in [0.15, 0.2) is 12.7 Å². The van der Waals surface area contributed by atoms with Gasteiger partial charge in [0.1, 0.15) is 6.61 Å². The van der Waals surface area contributed by atoms with Crippen LogP contribution in [0, 0.1) is 0 Å². The van der Waals surface area contributed by atoms with Gasteiger partial charge in [-0.05, 0) is 6.42 Å². The van der Waals surface area contributed by atoms with E-state index in [1.165, 1.54) is 6.08 Å². The van der Waals surface area contributed by atoms with Gasteiger partial charge in [-0.25, -0.2) is 4.79 Å². The Labute approximate surface area is 87.2 Å². The second kappa shape index (κ2) is 6.72. The second-order valence-electron chi connectivity index (χ2n) is 2.86. The zero-order chi connectivity index (χ0) is 11.8. The van der Waals surface area contributed by atoms with E-state index in [2.05, 4.69) is 11.3 Å². The molecule has 0 aliphatic heterocycles. The largest absolute Gasteiger partial charge is 0.456 e. The highest BCUT2D eigenvalue weighted by Gasteiger charge is 2.23. The summed E-state index contributed by atoms with van der Waals surface area (Å²) in [6.45, 7) is 3.27. The lowest BCUT2D eigenvalue weighted by atomic mass is 10.1. The van der Waals surface area contributed by atoms with Gasteiger partial charge in [-0.3, -0.25) is 9.59 Å². The lowest BCUT2D eigenvalue weighted by molar-refractivity contribution is -0.153. The predicted octanol–water partition coefficient (Wildman–Crippen LogP) is -1.12. The molecule has 0 saturated heterocycles. The molecule has 15 heavy (non-hydrogen) atoms. The van der Waals surface area contributed by atoms with Crippen LogP contribution in [0.5, 0.6) is 0 Å². The minimum atomic E-state index is -1.05. The van der Waals surface area contributed by atoms with Gasteiger partial charge < -0.3 is 16.2 Å². The Kier molecular flexibility index (Phi) is 5.96. The zero-order valence-electron chi connectivity index (χ0n) is 8.27. The maximum Gasteiger partial charge on any atom is 0.376 e. The lowest BCUT2D eigenvalue weighted by Crippen LogP contribution is -2.37. The van der Waals surface area contributed by atoms with Gasteiger partial charge in [-0.15, -0.1) is 0 Å². The van der Waals surface area contributed by atoms with Crippen LogP contribution < -0.4 is 11.5 Å². The molecule has 6 heteroatoms. The van der Waals surface area contributed by atoms with Crippen LogP contribution in [0.2, 0.25) is 0 Å². The Hall–Kier alpha value is -1.69. The molecule has 0 fully saturated rings. The number of primary amides is 1. The molecule has 0 bridgehead atoms.